The van der Waals surface area contributed by atoms with Gasteiger partial charge in [0.1, 0.15) is 29.3 Å². The summed E-state index contributed by atoms with van der Waals surface area (Å²) in [6, 6.07) is 6.17. The average molecular weight is 654 g/mol. The fraction of sp³-hybridized carbons (Fsp3) is 0.483. The number of carbonyl (C=O) groups is 4. The van der Waals surface area contributed by atoms with E-state index in [9.17, 15) is 37.1 Å². The van der Waals surface area contributed by atoms with E-state index < -0.39 is 71.8 Å². The number of carbonyl (C=O) groups excluding carboxylic acids is 4. The largest absolute Gasteiger partial charge is 0.452 e. The Bertz CT molecular complexity index is 1460. The van der Waals surface area contributed by atoms with Crippen LogP contribution < -0.4 is 27.2 Å². The van der Waals surface area contributed by atoms with Gasteiger partial charge in [-0.25, -0.2) is 14.6 Å². The Morgan fingerprint density at radius 1 is 0.957 bits per heavy atom. The number of nitrogens with two attached hydrogens (primary N) is 1. The summed E-state index contributed by atoms with van der Waals surface area (Å²) in [5.74, 6) is -3.71. The number of halogens is 3. The Labute approximate surface area is 262 Å². The van der Waals surface area contributed by atoms with Crippen molar-refractivity contribution in [1.82, 2.24) is 25.5 Å². The molecule has 0 bridgehead atoms. The number of nitrogens with zero attached hydrogens (tertiary/aromatic N) is 3. The van der Waals surface area contributed by atoms with Crippen LogP contribution in [0.2, 0.25) is 0 Å². The zero-order valence-corrected chi connectivity index (χ0v) is 26.3. The number of aromatic nitrogens is 2. The molecule has 0 saturated carbocycles. The molecule has 14 nitrogen and oxygen atoms in total. The summed E-state index contributed by atoms with van der Waals surface area (Å²) in [4.78, 5) is 70.4. The van der Waals surface area contributed by atoms with Gasteiger partial charge < -0.3 is 20.5 Å². The first-order valence-corrected chi connectivity index (χ1v) is 14.0. The second-order valence-electron chi connectivity index (χ2n) is 11.9. The van der Waals surface area contributed by atoms with Crippen molar-refractivity contribution in [2.24, 2.45) is 4.99 Å². The van der Waals surface area contributed by atoms with Gasteiger partial charge in [0.2, 0.25) is 11.9 Å². The van der Waals surface area contributed by atoms with Gasteiger partial charge in [-0.1, -0.05) is 30.3 Å². The van der Waals surface area contributed by atoms with E-state index in [1.807, 2.05) is 5.32 Å². The number of nitrogen functional groups attached to an aromatic ring is 1. The van der Waals surface area contributed by atoms with Gasteiger partial charge in [0.25, 0.3) is 11.3 Å². The number of nitrogens with one attached hydrogen (secondary N) is 3. The van der Waals surface area contributed by atoms with Crippen molar-refractivity contribution < 1.29 is 41.8 Å². The lowest BCUT2D eigenvalue weighted by Crippen LogP contribution is -2.48. The molecule has 1 aromatic carbocycles. The normalized spacial score (nSPS) is 12.4. The number of anilines is 1. The molecule has 1 heterocycles. The lowest BCUT2D eigenvalue weighted by Gasteiger charge is -2.22. The molecule has 2 aromatic rings. The Kier molecular flexibility index (Phi) is 12.4. The van der Waals surface area contributed by atoms with Gasteiger partial charge in [0.05, 0.1) is 12.2 Å². The highest BCUT2D eigenvalue weighted by Crippen LogP contribution is 2.20. The number of ketones is 1. The molecule has 0 aliphatic rings. The predicted octanol–water partition coefficient (Wildman–Crippen LogP) is 3.29. The molecule has 252 valence electrons. The third kappa shape index (κ3) is 12.6. The Morgan fingerprint density at radius 2 is 1.50 bits per heavy atom. The smallest absolute Gasteiger partial charge is 0.444 e. The first-order chi connectivity index (χ1) is 21.2. The highest BCUT2D eigenvalue weighted by atomic mass is 19.4. The minimum atomic E-state index is -5.30. The SMILES string of the molecule is CC(C)(C)OC(=O)NC(=NCCCC(NC(=O)Cn1c(-c2ccccc2)ncc(N)c1=O)C(=O)C(F)(F)F)NC(=O)OC(C)(C)C. The molecule has 0 aliphatic heterocycles. The summed E-state index contributed by atoms with van der Waals surface area (Å²) in [5.41, 5.74) is 3.18. The van der Waals surface area contributed by atoms with Crippen LogP contribution >= 0.6 is 0 Å². The zero-order chi connectivity index (χ0) is 34.9. The van der Waals surface area contributed by atoms with Crippen LogP contribution in [0, 0.1) is 0 Å². The van der Waals surface area contributed by atoms with E-state index in [4.69, 9.17) is 15.2 Å². The highest BCUT2D eigenvalue weighted by Gasteiger charge is 2.43. The molecule has 0 spiro atoms. The third-order valence-electron chi connectivity index (χ3n) is 5.50. The van der Waals surface area contributed by atoms with E-state index in [1.165, 1.54) is 0 Å². The summed E-state index contributed by atoms with van der Waals surface area (Å²) in [6.45, 7) is 8.48. The Morgan fingerprint density at radius 3 is 2.00 bits per heavy atom. The number of alkyl carbamates (subject to hydrolysis) is 2. The molecule has 0 saturated heterocycles. The van der Waals surface area contributed by atoms with E-state index in [2.05, 4.69) is 20.6 Å². The molecule has 0 fully saturated rings. The minimum Gasteiger partial charge on any atom is -0.444 e. The van der Waals surface area contributed by atoms with Crippen LogP contribution in [0.25, 0.3) is 11.4 Å². The zero-order valence-electron chi connectivity index (χ0n) is 26.3. The van der Waals surface area contributed by atoms with Crippen molar-refractivity contribution in [3.05, 3.63) is 46.9 Å². The Hall–Kier alpha value is -4.96. The van der Waals surface area contributed by atoms with Crippen LogP contribution in [0.5, 0.6) is 0 Å². The summed E-state index contributed by atoms with van der Waals surface area (Å²) < 4.78 is 51.5. The van der Waals surface area contributed by atoms with E-state index in [0.29, 0.717) is 5.56 Å². The molecule has 1 aromatic heterocycles. The molecule has 0 aliphatic carbocycles. The number of guanidine groups is 1. The molecular weight excluding hydrogens is 615 g/mol. The van der Waals surface area contributed by atoms with Crippen molar-refractivity contribution in [2.45, 2.75) is 84.3 Å². The van der Waals surface area contributed by atoms with Gasteiger partial charge >= 0.3 is 18.4 Å². The van der Waals surface area contributed by atoms with Gasteiger partial charge in [-0.2, -0.15) is 13.2 Å². The number of alkyl halides is 3. The summed E-state index contributed by atoms with van der Waals surface area (Å²) >= 11 is 0. The number of rotatable bonds is 9. The van der Waals surface area contributed by atoms with Crippen molar-refractivity contribution >= 4 is 35.5 Å². The first-order valence-electron chi connectivity index (χ1n) is 14.0. The fourth-order valence-corrected chi connectivity index (χ4v) is 3.72. The number of ether oxygens (including phenoxy) is 2. The van der Waals surface area contributed by atoms with Crippen LogP contribution in [0.15, 0.2) is 46.3 Å². The summed E-state index contributed by atoms with van der Waals surface area (Å²) in [7, 11) is 0. The number of amides is 3. The van der Waals surface area contributed by atoms with Gasteiger partial charge in [0, 0.05) is 12.1 Å². The molecule has 1 unspecified atom stereocenters. The number of aliphatic imine (C=N–C) groups is 1. The van der Waals surface area contributed by atoms with Crippen LogP contribution in [0.3, 0.4) is 0 Å². The Balaban J connectivity index is 2.23. The maximum Gasteiger partial charge on any atom is 0.452 e. The summed E-state index contributed by atoms with van der Waals surface area (Å²) in [5, 5.41) is 6.49. The molecule has 3 amide bonds. The predicted molar refractivity (Wildman–Crippen MR) is 162 cm³/mol. The second-order valence-corrected chi connectivity index (χ2v) is 11.9. The van der Waals surface area contributed by atoms with Crippen molar-refractivity contribution in [2.75, 3.05) is 12.3 Å². The molecule has 0 radical (unpaired) electrons. The molecule has 17 heteroatoms. The van der Waals surface area contributed by atoms with E-state index in [0.717, 1.165) is 10.8 Å². The quantitative estimate of drug-likeness (QED) is 0.178. The molecular formula is C29H38F3N7O7. The number of benzene rings is 1. The number of Topliss-reactive ketones (excluding diaryl/α,β-unsaturated/α-hetero) is 1. The highest BCUT2D eigenvalue weighted by molar-refractivity contribution is 6.01. The van der Waals surface area contributed by atoms with Crippen LogP contribution in [-0.2, 0) is 25.6 Å². The molecule has 2 rings (SSSR count). The molecule has 46 heavy (non-hydrogen) atoms. The second kappa shape index (κ2) is 15.4. The molecule has 5 N–H and O–H groups in total. The maximum absolute atomic E-state index is 13.4. The standard InChI is InChI=1S/C29H38F3N7O7/c1-27(2,3)45-25(43)37-24(38-26(44)46-28(4,5)6)34-14-10-13-19(21(41)29(30,31)32)36-20(40)16-39-22(17-11-8-7-9-12-17)35-15-18(33)23(39)42/h7-9,11-12,15,19H,10,13-14,16,33H2,1-6H3,(H,36,40)(H2,34,37,38,43,44). The van der Waals surface area contributed by atoms with Crippen molar-refractivity contribution in [3.63, 3.8) is 0 Å². The van der Waals surface area contributed by atoms with Gasteiger partial charge in [-0.15, -0.1) is 0 Å². The first kappa shape index (κ1) is 37.2. The van der Waals surface area contributed by atoms with Gasteiger partial charge in [-0.05, 0) is 54.4 Å². The van der Waals surface area contributed by atoms with E-state index >= 15 is 0 Å². The van der Waals surface area contributed by atoms with Crippen LogP contribution in [0.4, 0.5) is 28.4 Å². The number of hydrogen-bond acceptors (Lipinski definition) is 10. The fourth-order valence-electron chi connectivity index (χ4n) is 3.72. The van der Waals surface area contributed by atoms with E-state index in [-0.39, 0.29) is 24.5 Å². The molecule has 1 atom stereocenters. The third-order valence-corrected chi connectivity index (χ3v) is 5.50. The van der Waals surface area contributed by atoms with Crippen LogP contribution in [0.1, 0.15) is 54.4 Å². The topological polar surface area (TPSA) is 196 Å². The minimum absolute atomic E-state index is 0.0329. The van der Waals surface area contributed by atoms with Gasteiger partial charge in [-0.3, -0.25) is 34.6 Å². The maximum atomic E-state index is 13.4. The average Bonchev–Trinajstić information content (AvgIpc) is 2.90. The van der Waals surface area contributed by atoms with Crippen LogP contribution in [-0.4, -0.2) is 69.4 Å². The van der Waals surface area contributed by atoms with Crippen molar-refractivity contribution in [1.29, 1.82) is 0 Å². The number of hydrogen-bond donors (Lipinski definition) is 4. The van der Waals surface area contributed by atoms with Crippen molar-refractivity contribution in [3.8, 4) is 11.4 Å². The monoisotopic (exact) mass is 653 g/mol. The summed E-state index contributed by atoms with van der Waals surface area (Å²) in [6.07, 6.45) is -6.94. The lowest BCUT2D eigenvalue weighted by molar-refractivity contribution is -0.174. The van der Waals surface area contributed by atoms with E-state index in [1.54, 1.807) is 71.9 Å². The lowest BCUT2D eigenvalue weighted by atomic mass is 10.1. The van der Waals surface area contributed by atoms with Gasteiger partial charge in [0.15, 0.2) is 0 Å².